The molecule has 0 aromatic carbocycles. The second kappa shape index (κ2) is 4.48. The minimum atomic E-state index is -4.24. The molecule has 0 spiro atoms. The number of rotatable bonds is 3. The van der Waals surface area contributed by atoms with Crippen molar-refractivity contribution in [1.29, 1.82) is 0 Å². The Bertz CT molecular complexity index is 250. The first kappa shape index (κ1) is 10.3. The molecule has 0 amide bonds. The van der Waals surface area contributed by atoms with Crippen LogP contribution in [0.25, 0.3) is 0 Å². The topological polar surface area (TPSA) is 24.9 Å². The lowest BCUT2D eigenvalue weighted by atomic mass is 10.4. The van der Waals surface area contributed by atoms with E-state index >= 15 is 0 Å². The highest BCUT2D eigenvalue weighted by Gasteiger charge is 2.28. The summed E-state index contributed by atoms with van der Waals surface area (Å²) in [4.78, 5) is 3.86. The predicted octanol–water partition coefficient (Wildman–Crippen LogP) is 2.34. The molecule has 6 heteroatoms. The molecule has 0 aliphatic carbocycles. The standard InChI is InChI=1S/C7H7F3N2S/c8-7(9,10)13-12-5-6-3-1-2-4-11-6/h1-4,12H,5H2. The van der Waals surface area contributed by atoms with Gasteiger partial charge in [0.15, 0.2) is 0 Å². The largest absolute Gasteiger partial charge is 0.456 e. The van der Waals surface area contributed by atoms with E-state index in [4.69, 9.17) is 0 Å². The Morgan fingerprint density at radius 2 is 2.15 bits per heavy atom. The van der Waals surface area contributed by atoms with Crippen LogP contribution in [0.15, 0.2) is 24.4 Å². The van der Waals surface area contributed by atoms with E-state index in [9.17, 15) is 13.2 Å². The summed E-state index contributed by atoms with van der Waals surface area (Å²) in [6.07, 6.45) is 1.54. The maximum Gasteiger partial charge on any atom is 0.456 e. The quantitative estimate of drug-likeness (QED) is 0.772. The molecule has 0 aliphatic rings. The second-order valence-electron chi connectivity index (χ2n) is 2.19. The number of hydrogen-bond donors (Lipinski definition) is 1. The van der Waals surface area contributed by atoms with Crippen molar-refractivity contribution in [3.8, 4) is 0 Å². The van der Waals surface area contributed by atoms with Crippen molar-refractivity contribution in [3.05, 3.63) is 30.1 Å². The summed E-state index contributed by atoms with van der Waals surface area (Å²) in [5.74, 6) is 0. The molecule has 1 aromatic rings. The minimum Gasteiger partial charge on any atom is -0.260 e. The van der Waals surface area contributed by atoms with Crippen molar-refractivity contribution in [3.63, 3.8) is 0 Å². The van der Waals surface area contributed by atoms with Crippen molar-refractivity contribution >= 4 is 11.9 Å². The Morgan fingerprint density at radius 1 is 1.38 bits per heavy atom. The Hall–Kier alpha value is -0.750. The Kier molecular flexibility index (Phi) is 3.56. The molecule has 0 aliphatic heterocycles. The summed E-state index contributed by atoms with van der Waals surface area (Å²) in [5, 5.41) is 0. The SMILES string of the molecule is FC(F)(F)SNCc1ccccn1. The van der Waals surface area contributed by atoms with Crippen LogP contribution in [-0.4, -0.2) is 10.5 Å². The zero-order valence-electron chi connectivity index (χ0n) is 6.51. The third kappa shape index (κ3) is 4.74. The van der Waals surface area contributed by atoms with E-state index in [1.807, 2.05) is 0 Å². The Balaban J connectivity index is 2.29. The molecule has 1 heterocycles. The van der Waals surface area contributed by atoms with Gasteiger partial charge in [-0.2, -0.15) is 13.2 Å². The summed E-state index contributed by atoms with van der Waals surface area (Å²) in [6.45, 7) is 0.102. The normalized spacial score (nSPS) is 11.6. The fourth-order valence-electron chi connectivity index (χ4n) is 0.695. The molecule has 0 atom stereocenters. The van der Waals surface area contributed by atoms with Crippen LogP contribution in [0.3, 0.4) is 0 Å². The smallest absolute Gasteiger partial charge is 0.260 e. The van der Waals surface area contributed by atoms with Gasteiger partial charge in [-0.1, -0.05) is 6.07 Å². The molecule has 72 valence electrons. The van der Waals surface area contributed by atoms with Crippen molar-refractivity contribution in [1.82, 2.24) is 9.71 Å². The predicted molar refractivity (Wildman–Crippen MR) is 44.7 cm³/mol. The monoisotopic (exact) mass is 208 g/mol. The summed E-state index contributed by atoms with van der Waals surface area (Å²) >= 11 is -0.262. The van der Waals surface area contributed by atoms with Crippen LogP contribution in [0.1, 0.15) is 5.69 Å². The number of hydrogen-bond acceptors (Lipinski definition) is 3. The maximum atomic E-state index is 11.6. The van der Waals surface area contributed by atoms with E-state index in [1.165, 1.54) is 6.20 Å². The number of alkyl halides is 3. The first-order valence-electron chi connectivity index (χ1n) is 3.45. The van der Waals surface area contributed by atoms with Gasteiger partial charge in [-0.15, -0.1) is 0 Å². The molecule has 0 fully saturated rings. The van der Waals surface area contributed by atoms with Gasteiger partial charge in [0.1, 0.15) is 0 Å². The molecular weight excluding hydrogens is 201 g/mol. The van der Waals surface area contributed by atoms with E-state index in [0.29, 0.717) is 5.69 Å². The molecule has 0 radical (unpaired) electrons. The molecule has 13 heavy (non-hydrogen) atoms. The lowest BCUT2D eigenvalue weighted by molar-refractivity contribution is -0.0336. The maximum absolute atomic E-state index is 11.6. The van der Waals surface area contributed by atoms with Crippen LogP contribution in [0.4, 0.5) is 13.2 Å². The third-order valence-corrected chi connectivity index (χ3v) is 1.69. The molecular formula is C7H7F3N2S. The summed E-state index contributed by atoms with van der Waals surface area (Å²) in [5.41, 5.74) is -3.66. The molecule has 1 aromatic heterocycles. The van der Waals surface area contributed by atoms with E-state index in [0.717, 1.165) is 0 Å². The average molecular weight is 208 g/mol. The third-order valence-electron chi connectivity index (χ3n) is 1.17. The number of aromatic nitrogens is 1. The average Bonchev–Trinajstić information content (AvgIpc) is 2.04. The lowest BCUT2D eigenvalue weighted by Gasteiger charge is -2.05. The first-order chi connectivity index (χ1) is 6.08. The van der Waals surface area contributed by atoms with E-state index in [1.54, 1.807) is 18.2 Å². The van der Waals surface area contributed by atoms with Gasteiger partial charge in [-0.25, -0.2) is 0 Å². The van der Waals surface area contributed by atoms with Crippen LogP contribution >= 0.6 is 11.9 Å². The molecule has 0 saturated heterocycles. The summed E-state index contributed by atoms with van der Waals surface area (Å²) < 4.78 is 37.1. The van der Waals surface area contributed by atoms with Crippen molar-refractivity contribution < 1.29 is 13.2 Å². The van der Waals surface area contributed by atoms with Crippen molar-refractivity contribution in [2.45, 2.75) is 12.1 Å². The van der Waals surface area contributed by atoms with Crippen molar-refractivity contribution in [2.75, 3.05) is 0 Å². The number of nitrogens with one attached hydrogen (secondary N) is 1. The second-order valence-corrected chi connectivity index (χ2v) is 3.15. The van der Waals surface area contributed by atoms with Gasteiger partial charge in [0, 0.05) is 24.7 Å². The highest BCUT2D eigenvalue weighted by molar-refractivity contribution is 7.98. The number of halogens is 3. The van der Waals surface area contributed by atoms with Gasteiger partial charge < -0.3 is 0 Å². The molecule has 0 bridgehead atoms. The number of pyridine rings is 1. The van der Waals surface area contributed by atoms with E-state index in [-0.39, 0.29) is 18.5 Å². The van der Waals surface area contributed by atoms with Gasteiger partial charge in [-0.3, -0.25) is 9.71 Å². The molecule has 0 saturated carbocycles. The summed E-state index contributed by atoms with van der Waals surface area (Å²) in [6, 6.07) is 5.09. The highest BCUT2D eigenvalue weighted by atomic mass is 32.2. The van der Waals surface area contributed by atoms with Crippen LogP contribution in [0.5, 0.6) is 0 Å². The van der Waals surface area contributed by atoms with Crippen LogP contribution < -0.4 is 4.72 Å². The van der Waals surface area contributed by atoms with E-state index in [2.05, 4.69) is 9.71 Å². The van der Waals surface area contributed by atoms with Gasteiger partial charge in [0.2, 0.25) is 0 Å². The fourth-order valence-corrected chi connectivity index (χ4v) is 1.08. The first-order valence-corrected chi connectivity index (χ1v) is 4.27. The van der Waals surface area contributed by atoms with Crippen LogP contribution in [0.2, 0.25) is 0 Å². The van der Waals surface area contributed by atoms with Crippen molar-refractivity contribution in [2.24, 2.45) is 0 Å². The van der Waals surface area contributed by atoms with Gasteiger partial charge in [-0.05, 0) is 12.1 Å². The highest BCUT2D eigenvalue weighted by Crippen LogP contribution is 2.27. The van der Waals surface area contributed by atoms with Crippen LogP contribution in [0, 0.1) is 0 Å². The zero-order chi connectivity index (χ0) is 9.73. The molecule has 1 rings (SSSR count). The van der Waals surface area contributed by atoms with Gasteiger partial charge >= 0.3 is 5.51 Å². The lowest BCUT2D eigenvalue weighted by Crippen LogP contribution is -2.13. The molecule has 2 nitrogen and oxygen atoms in total. The summed E-state index contributed by atoms with van der Waals surface area (Å²) in [7, 11) is 0. The Labute approximate surface area is 77.7 Å². The van der Waals surface area contributed by atoms with Crippen LogP contribution in [-0.2, 0) is 6.54 Å². The van der Waals surface area contributed by atoms with Gasteiger partial charge in [0.05, 0.1) is 5.69 Å². The number of nitrogens with zero attached hydrogens (tertiary/aromatic N) is 1. The zero-order valence-corrected chi connectivity index (χ0v) is 7.32. The fraction of sp³-hybridized carbons (Fsp3) is 0.286. The van der Waals surface area contributed by atoms with E-state index < -0.39 is 5.51 Å². The Morgan fingerprint density at radius 3 is 2.69 bits per heavy atom. The molecule has 0 unspecified atom stereocenters. The minimum absolute atomic E-state index is 0.102. The molecule has 1 N–H and O–H groups in total. The van der Waals surface area contributed by atoms with Gasteiger partial charge in [0.25, 0.3) is 0 Å².